The number of benzene rings is 1. The van der Waals surface area contributed by atoms with Crippen LogP contribution in [0.25, 0.3) is 0 Å². The predicted molar refractivity (Wildman–Crippen MR) is 87.1 cm³/mol. The monoisotopic (exact) mass is 296 g/mol. The minimum Gasteiger partial charge on any atom is -0.389 e. The third kappa shape index (κ3) is 6.44. The summed E-state index contributed by atoms with van der Waals surface area (Å²) in [7, 11) is 0. The minimum atomic E-state index is -0.785. The smallest absolute Gasteiger partial charge is 0.123 e. The van der Waals surface area contributed by atoms with E-state index < -0.39 is 5.60 Å². The molecule has 3 nitrogen and oxygen atoms in total. The average Bonchev–Trinajstić information content (AvgIpc) is 2.35. The molecule has 21 heavy (non-hydrogen) atoms. The highest BCUT2D eigenvalue weighted by molar-refractivity contribution is 5.54. The van der Waals surface area contributed by atoms with Crippen LogP contribution in [0.1, 0.15) is 40.2 Å². The number of aliphatic hydroxyl groups is 1. The number of nitrogens with zero attached hydrogens (tertiary/aromatic N) is 1. The summed E-state index contributed by atoms with van der Waals surface area (Å²) < 4.78 is 13.5. The number of hydrogen-bond acceptors (Lipinski definition) is 3. The van der Waals surface area contributed by atoms with Crippen molar-refractivity contribution in [1.29, 1.82) is 0 Å². The van der Waals surface area contributed by atoms with Crippen LogP contribution in [0.5, 0.6) is 0 Å². The Morgan fingerprint density at radius 2 is 2.00 bits per heavy atom. The Labute approximate surface area is 128 Å². The molecule has 0 saturated carbocycles. The lowest BCUT2D eigenvalue weighted by Crippen LogP contribution is -2.39. The second kappa shape index (κ2) is 7.76. The zero-order chi connectivity index (χ0) is 16.0. The Morgan fingerprint density at radius 3 is 2.52 bits per heavy atom. The molecular formula is C17H29FN2O. The number of halogens is 1. The van der Waals surface area contributed by atoms with Crippen LogP contribution < -0.4 is 10.2 Å². The van der Waals surface area contributed by atoms with Crippen LogP contribution in [0.3, 0.4) is 0 Å². The molecule has 120 valence electrons. The molecule has 0 heterocycles. The highest BCUT2D eigenvalue weighted by atomic mass is 19.1. The van der Waals surface area contributed by atoms with Crippen LogP contribution in [0.4, 0.5) is 10.1 Å². The van der Waals surface area contributed by atoms with E-state index in [0.717, 1.165) is 24.3 Å². The summed E-state index contributed by atoms with van der Waals surface area (Å²) in [6.45, 7) is 12.7. The van der Waals surface area contributed by atoms with Crippen LogP contribution in [-0.4, -0.2) is 30.3 Å². The molecule has 0 spiro atoms. The van der Waals surface area contributed by atoms with E-state index in [9.17, 15) is 9.50 Å². The van der Waals surface area contributed by atoms with Crippen molar-refractivity contribution in [1.82, 2.24) is 5.32 Å². The maximum absolute atomic E-state index is 13.5. The average molecular weight is 296 g/mol. The summed E-state index contributed by atoms with van der Waals surface area (Å²) in [4.78, 5) is 2.09. The van der Waals surface area contributed by atoms with E-state index >= 15 is 0 Å². The van der Waals surface area contributed by atoms with E-state index in [-0.39, 0.29) is 5.82 Å². The third-order valence-corrected chi connectivity index (χ3v) is 3.21. The molecule has 0 atom stereocenters. The Morgan fingerprint density at radius 1 is 1.33 bits per heavy atom. The number of likely N-dealkylation sites (N-methyl/N-ethyl adjacent to an activating group) is 1. The van der Waals surface area contributed by atoms with Crippen molar-refractivity contribution in [3.05, 3.63) is 29.6 Å². The Bertz CT molecular complexity index is 441. The molecule has 1 rings (SSSR count). The van der Waals surface area contributed by atoms with Crippen molar-refractivity contribution in [2.45, 2.75) is 46.8 Å². The van der Waals surface area contributed by atoms with Crippen molar-refractivity contribution >= 4 is 5.69 Å². The quantitative estimate of drug-likeness (QED) is 0.773. The molecule has 0 aliphatic carbocycles. The Kier molecular flexibility index (Phi) is 6.62. The van der Waals surface area contributed by atoms with E-state index in [2.05, 4.69) is 24.1 Å². The molecular weight excluding hydrogens is 267 g/mol. The summed E-state index contributed by atoms with van der Waals surface area (Å²) in [6.07, 6.45) is 0. The zero-order valence-electron chi connectivity index (χ0n) is 13.9. The zero-order valence-corrected chi connectivity index (χ0v) is 13.9. The molecule has 0 aromatic heterocycles. The van der Waals surface area contributed by atoms with Crippen molar-refractivity contribution in [2.75, 3.05) is 24.5 Å². The SMILES string of the molecule is CCN(CC(C)(C)O)c1ccc(F)cc1CNCC(C)C. The first kappa shape index (κ1) is 17.9. The fourth-order valence-corrected chi connectivity index (χ4v) is 2.33. The highest BCUT2D eigenvalue weighted by Crippen LogP contribution is 2.23. The van der Waals surface area contributed by atoms with Crippen LogP contribution >= 0.6 is 0 Å². The summed E-state index contributed by atoms with van der Waals surface area (Å²) >= 11 is 0. The van der Waals surface area contributed by atoms with Gasteiger partial charge in [-0.3, -0.25) is 0 Å². The molecule has 0 bridgehead atoms. The van der Waals surface area contributed by atoms with Crippen molar-refractivity contribution in [3.8, 4) is 0 Å². The number of hydrogen-bond donors (Lipinski definition) is 2. The normalized spacial score (nSPS) is 12.0. The number of nitrogens with one attached hydrogen (secondary N) is 1. The van der Waals surface area contributed by atoms with Gasteiger partial charge in [0.1, 0.15) is 5.82 Å². The first-order valence-electron chi connectivity index (χ1n) is 7.69. The number of rotatable bonds is 8. The standard InChI is InChI=1S/C17H29FN2O/c1-6-20(12-17(4,5)21)16-8-7-15(18)9-14(16)11-19-10-13(2)3/h7-9,13,19,21H,6,10-12H2,1-5H3. The fraction of sp³-hybridized carbons (Fsp3) is 0.647. The first-order chi connectivity index (χ1) is 9.73. The summed E-state index contributed by atoms with van der Waals surface area (Å²) in [5.41, 5.74) is 1.13. The fourth-order valence-electron chi connectivity index (χ4n) is 2.33. The van der Waals surface area contributed by atoms with Gasteiger partial charge in [0.05, 0.1) is 5.60 Å². The maximum Gasteiger partial charge on any atom is 0.123 e. The van der Waals surface area contributed by atoms with Gasteiger partial charge in [-0.25, -0.2) is 4.39 Å². The van der Waals surface area contributed by atoms with Crippen LogP contribution in [0.2, 0.25) is 0 Å². The van der Waals surface area contributed by atoms with Gasteiger partial charge in [0, 0.05) is 25.3 Å². The van der Waals surface area contributed by atoms with Crippen LogP contribution in [-0.2, 0) is 6.54 Å². The topological polar surface area (TPSA) is 35.5 Å². The van der Waals surface area contributed by atoms with E-state index in [1.807, 2.05) is 6.92 Å². The predicted octanol–water partition coefficient (Wildman–Crippen LogP) is 3.17. The van der Waals surface area contributed by atoms with Gasteiger partial charge < -0.3 is 15.3 Å². The molecule has 0 fully saturated rings. The van der Waals surface area contributed by atoms with Crippen LogP contribution in [0.15, 0.2) is 18.2 Å². The van der Waals surface area contributed by atoms with Gasteiger partial charge in [-0.05, 0) is 57.0 Å². The van der Waals surface area contributed by atoms with Crippen molar-refractivity contribution < 1.29 is 9.50 Å². The lowest BCUT2D eigenvalue weighted by molar-refractivity contribution is 0.0875. The van der Waals surface area contributed by atoms with E-state index in [1.165, 1.54) is 6.07 Å². The molecule has 0 amide bonds. The van der Waals surface area contributed by atoms with E-state index in [4.69, 9.17) is 0 Å². The summed E-state index contributed by atoms with van der Waals surface area (Å²) in [5, 5.41) is 13.4. The molecule has 4 heteroatoms. The maximum atomic E-state index is 13.5. The largest absolute Gasteiger partial charge is 0.389 e. The minimum absolute atomic E-state index is 0.223. The lowest BCUT2D eigenvalue weighted by Gasteiger charge is -2.31. The first-order valence-corrected chi connectivity index (χ1v) is 7.69. The number of anilines is 1. The highest BCUT2D eigenvalue weighted by Gasteiger charge is 2.19. The molecule has 1 aromatic rings. The molecule has 0 aliphatic rings. The van der Waals surface area contributed by atoms with Gasteiger partial charge in [-0.1, -0.05) is 13.8 Å². The second-order valence-electron chi connectivity index (χ2n) is 6.62. The molecule has 0 saturated heterocycles. The molecule has 1 aromatic carbocycles. The second-order valence-corrected chi connectivity index (χ2v) is 6.62. The van der Waals surface area contributed by atoms with E-state index in [1.54, 1.807) is 26.0 Å². The third-order valence-electron chi connectivity index (χ3n) is 3.21. The van der Waals surface area contributed by atoms with Gasteiger partial charge in [-0.15, -0.1) is 0 Å². The van der Waals surface area contributed by atoms with Gasteiger partial charge in [0.25, 0.3) is 0 Å². The van der Waals surface area contributed by atoms with Gasteiger partial charge >= 0.3 is 0 Å². The molecule has 0 aliphatic heterocycles. The van der Waals surface area contributed by atoms with E-state index in [0.29, 0.717) is 19.0 Å². The van der Waals surface area contributed by atoms with Gasteiger partial charge in [-0.2, -0.15) is 0 Å². The molecule has 0 radical (unpaired) electrons. The lowest BCUT2D eigenvalue weighted by atomic mass is 10.1. The summed E-state index contributed by atoms with van der Waals surface area (Å²) in [6, 6.07) is 4.86. The van der Waals surface area contributed by atoms with Gasteiger partial charge in [0.2, 0.25) is 0 Å². The Hall–Kier alpha value is -1.13. The van der Waals surface area contributed by atoms with Crippen LogP contribution in [0, 0.1) is 11.7 Å². The van der Waals surface area contributed by atoms with Crippen molar-refractivity contribution in [2.24, 2.45) is 5.92 Å². The Balaban J connectivity index is 2.93. The van der Waals surface area contributed by atoms with Crippen molar-refractivity contribution in [3.63, 3.8) is 0 Å². The van der Waals surface area contributed by atoms with Gasteiger partial charge in [0.15, 0.2) is 0 Å². The molecule has 2 N–H and O–H groups in total. The molecule has 0 unspecified atom stereocenters. The summed E-state index contributed by atoms with van der Waals surface area (Å²) in [5.74, 6) is 0.333.